The van der Waals surface area contributed by atoms with Crippen molar-refractivity contribution in [1.29, 1.82) is 0 Å². The summed E-state index contributed by atoms with van der Waals surface area (Å²) < 4.78 is 6.16. The molecule has 0 bridgehead atoms. The molecule has 0 amide bonds. The van der Waals surface area contributed by atoms with Gasteiger partial charge < -0.3 is 14.2 Å². The van der Waals surface area contributed by atoms with E-state index in [0.717, 1.165) is 22.0 Å². The third kappa shape index (κ3) is 2.12. The lowest BCUT2D eigenvalue weighted by Gasteiger charge is -2.30. The molecule has 4 aromatic rings. The van der Waals surface area contributed by atoms with Crippen LogP contribution in [-0.2, 0) is 0 Å². The van der Waals surface area contributed by atoms with Crippen molar-refractivity contribution in [2.75, 3.05) is 9.80 Å². The number of para-hydroxylation sites is 1. The van der Waals surface area contributed by atoms with E-state index >= 15 is 0 Å². The zero-order valence-corrected chi connectivity index (χ0v) is 14.8. The van der Waals surface area contributed by atoms with E-state index in [2.05, 4.69) is 83.5 Å². The van der Waals surface area contributed by atoms with Crippen LogP contribution in [0.25, 0.3) is 22.1 Å². The third-order valence-electron chi connectivity index (χ3n) is 5.10. The van der Waals surface area contributed by atoms with Crippen molar-refractivity contribution >= 4 is 33.4 Å². The molecule has 1 aliphatic heterocycles. The maximum atomic E-state index is 6.16. The molecular weight excluding hydrogens is 322 g/mol. The summed E-state index contributed by atoms with van der Waals surface area (Å²) in [5.74, 6) is 0. The Hall–Kier alpha value is -3.27. The highest BCUT2D eigenvalue weighted by Gasteiger charge is 2.28. The van der Waals surface area contributed by atoms with Crippen molar-refractivity contribution in [3.05, 3.63) is 78.8 Å². The Bertz CT molecular complexity index is 1130. The largest absolute Gasteiger partial charge is 0.435 e. The van der Waals surface area contributed by atoms with E-state index in [1.165, 1.54) is 11.3 Å². The summed E-state index contributed by atoms with van der Waals surface area (Å²) in [6.07, 6.45) is 6.18. The normalized spacial score (nSPS) is 16.9. The lowest BCUT2D eigenvalue weighted by Crippen LogP contribution is -2.36. The minimum atomic E-state index is 0.155. The van der Waals surface area contributed by atoms with Gasteiger partial charge in [0.15, 0.2) is 5.58 Å². The van der Waals surface area contributed by atoms with Crippen molar-refractivity contribution in [1.82, 2.24) is 4.98 Å². The van der Waals surface area contributed by atoms with Crippen molar-refractivity contribution in [3.8, 4) is 0 Å². The Morgan fingerprint density at radius 1 is 0.885 bits per heavy atom. The Balaban J connectivity index is 1.65. The van der Waals surface area contributed by atoms with Gasteiger partial charge in [-0.1, -0.05) is 30.3 Å². The van der Waals surface area contributed by atoms with E-state index in [-0.39, 0.29) is 6.17 Å². The van der Waals surface area contributed by atoms with Gasteiger partial charge in [0.25, 0.3) is 0 Å². The SMILES string of the molecule is Cc1ccc2c(oc3ncccc32)c1N1C=CN(c2ccccc2)C1C. The summed E-state index contributed by atoms with van der Waals surface area (Å²) in [6.45, 7) is 4.33. The standard InChI is InChI=1S/C22H19N3O/c1-15-10-11-18-19-9-6-12-23-22(19)26-21(18)20(15)25-14-13-24(16(25)2)17-7-4-3-5-8-17/h3-14,16H,1-2H3. The predicted molar refractivity (Wildman–Crippen MR) is 106 cm³/mol. The van der Waals surface area contributed by atoms with Crippen LogP contribution in [0.3, 0.4) is 0 Å². The van der Waals surface area contributed by atoms with Crippen LogP contribution in [0, 0.1) is 6.92 Å². The molecule has 4 heteroatoms. The van der Waals surface area contributed by atoms with E-state index in [0.29, 0.717) is 5.71 Å². The van der Waals surface area contributed by atoms with Crippen LogP contribution < -0.4 is 9.80 Å². The van der Waals surface area contributed by atoms with Gasteiger partial charge in [0.1, 0.15) is 6.17 Å². The summed E-state index contributed by atoms with van der Waals surface area (Å²) in [5, 5.41) is 2.16. The van der Waals surface area contributed by atoms with E-state index in [4.69, 9.17) is 4.42 Å². The maximum absolute atomic E-state index is 6.16. The molecular formula is C22H19N3O. The molecule has 128 valence electrons. The van der Waals surface area contributed by atoms with Crippen molar-refractivity contribution in [2.24, 2.45) is 0 Å². The summed E-state index contributed by atoms with van der Waals surface area (Å²) in [5.41, 5.74) is 5.04. The van der Waals surface area contributed by atoms with Crippen LogP contribution in [0.15, 0.2) is 77.6 Å². The molecule has 1 atom stereocenters. The first kappa shape index (κ1) is 15.0. The summed E-state index contributed by atoms with van der Waals surface area (Å²) in [6, 6.07) is 18.7. The fourth-order valence-corrected chi connectivity index (χ4v) is 3.77. The molecule has 0 spiro atoms. The number of furan rings is 1. The number of fused-ring (bicyclic) bond motifs is 3. The number of anilines is 2. The van der Waals surface area contributed by atoms with Gasteiger partial charge in [-0.05, 0) is 43.7 Å². The van der Waals surface area contributed by atoms with Gasteiger partial charge in [-0.15, -0.1) is 0 Å². The van der Waals surface area contributed by atoms with E-state index in [1.54, 1.807) is 6.20 Å². The highest BCUT2D eigenvalue weighted by Crippen LogP contribution is 2.39. The van der Waals surface area contributed by atoms with Gasteiger partial charge in [-0.2, -0.15) is 0 Å². The molecule has 0 radical (unpaired) electrons. The van der Waals surface area contributed by atoms with Crippen LogP contribution in [0.5, 0.6) is 0 Å². The number of aromatic nitrogens is 1. The maximum Gasteiger partial charge on any atom is 0.227 e. The van der Waals surface area contributed by atoms with Crippen molar-refractivity contribution in [3.63, 3.8) is 0 Å². The number of aryl methyl sites for hydroxylation is 1. The second-order valence-corrected chi connectivity index (χ2v) is 6.65. The molecule has 3 heterocycles. The van der Waals surface area contributed by atoms with E-state index < -0.39 is 0 Å². The molecule has 0 saturated heterocycles. The Labute approximate surface area is 152 Å². The Kier molecular flexibility index (Phi) is 3.25. The minimum absolute atomic E-state index is 0.155. The highest BCUT2D eigenvalue weighted by atomic mass is 16.3. The number of benzene rings is 2. The molecule has 1 unspecified atom stereocenters. The topological polar surface area (TPSA) is 32.5 Å². The molecule has 26 heavy (non-hydrogen) atoms. The summed E-state index contributed by atoms with van der Waals surface area (Å²) in [4.78, 5) is 8.92. The fourth-order valence-electron chi connectivity index (χ4n) is 3.77. The zero-order valence-electron chi connectivity index (χ0n) is 14.8. The van der Waals surface area contributed by atoms with Crippen molar-refractivity contribution < 1.29 is 4.42 Å². The molecule has 0 fully saturated rings. The average Bonchev–Trinajstić information content (AvgIpc) is 3.23. The van der Waals surface area contributed by atoms with E-state index in [1.807, 2.05) is 12.1 Å². The first-order valence-electron chi connectivity index (χ1n) is 8.81. The number of hydrogen-bond acceptors (Lipinski definition) is 4. The second kappa shape index (κ2) is 5.63. The van der Waals surface area contributed by atoms with Crippen LogP contribution in [0.4, 0.5) is 11.4 Å². The molecule has 2 aromatic heterocycles. The van der Waals surface area contributed by atoms with E-state index in [9.17, 15) is 0 Å². The first-order valence-corrected chi connectivity index (χ1v) is 8.81. The lowest BCUT2D eigenvalue weighted by atomic mass is 10.1. The minimum Gasteiger partial charge on any atom is -0.435 e. The Morgan fingerprint density at radius 2 is 1.69 bits per heavy atom. The molecule has 2 aromatic carbocycles. The quantitative estimate of drug-likeness (QED) is 0.486. The molecule has 1 aliphatic rings. The monoisotopic (exact) mass is 341 g/mol. The zero-order chi connectivity index (χ0) is 17.7. The molecule has 5 rings (SSSR count). The van der Waals surface area contributed by atoms with Crippen LogP contribution in [0.1, 0.15) is 12.5 Å². The summed E-state index contributed by atoms with van der Waals surface area (Å²) >= 11 is 0. The van der Waals surface area contributed by atoms with Gasteiger partial charge in [-0.3, -0.25) is 0 Å². The second-order valence-electron chi connectivity index (χ2n) is 6.65. The number of rotatable bonds is 2. The van der Waals surface area contributed by atoms with Gasteiger partial charge in [0.2, 0.25) is 5.71 Å². The van der Waals surface area contributed by atoms with Gasteiger partial charge in [0, 0.05) is 35.1 Å². The van der Waals surface area contributed by atoms with Gasteiger partial charge >= 0.3 is 0 Å². The molecule has 0 aliphatic carbocycles. The fraction of sp³-hybridized carbons (Fsp3) is 0.136. The average molecular weight is 341 g/mol. The van der Waals surface area contributed by atoms with Crippen LogP contribution in [-0.4, -0.2) is 11.1 Å². The molecule has 0 N–H and O–H groups in total. The van der Waals surface area contributed by atoms with Crippen LogP contribution in [0.2, 0.25) is 0 Å². The van der Waals surface area contributed by atoms with Crippen molar-refractivity contribution in [2.45, 2.75) is 20.0 Å². The van der Waals surface area contributed by atoms with Gasteiger partial charge in [-0.25, -0.2) is 4.98 Å². The first-order chi connectivity index (χ1) is 12.7. The molecule has 4 nitrogen and oxygen atoms in total. The van der Waals surface area contributed by atoms with Gasteiger partial charge in [0.05, 0.1) is 5.69 Å². The predicted octanol–water partition coefficient (Wildman–Crippen LogP) is 5.43. The smallest absolute Gasteiger partial charge is 0.227 e. The van der Waals surface area contributed by atoms with Crippen LogP contribution >= 0.6 is 0 Å². The highest BCUT2D eigenvalue weighted by molar-refractivity contribution is 6.08. The molecule has 0 saturated carbocycles. The number of nitrogens with zero attached hydrogens (tertiary/aromatic N) is 3. The lowest BCUT2D eigenvalue weighted by molar-refractivity contribution is 0.648. The number of pyridine rings is 1. The summed E-state index contributed by atoms with van der Waals surface area (Å²) in [7, 11) is 0. The number of hydrogen-bond donors (Lipinski definition) is 0. The third-order valence-corrected chi connectivity index (χ3v) is 5.10. The Morgan fingerprint density at radius 3 is 2.54 bits per heavy atom.